The predicted molar refractivity (Wildman–Crippen MR) is 64.4 cm³/mol. The van der Waals surface area contributed by atoms with Crippen LogP contribution in [-0.2, 0) is 0 Å². The van der Waals surface area contributed by atoms with Crippen molar-refractivity contribution >= 4 is 17.1 Å². The Morgan fingerprint density at radius 1 is 1.31 bits per heavy atom. The van der Waals surface area contributed by atoms with Gasteiger partial charge in [0.2, 0.25) is 6.29 Å². The van der Waals surface area contributed by atoms with E-state index in [0.29, 0.717) is 23.7 Å². The summed E-state index contributed by atoms with van der Waals surface area (Å²) >= 11 is 5.43. The second-order valence-electron chi connectivity index (χ2n) is 4.64. The van der Waals surface area contributed by atoms with Crippen LogP contribution in [0.5, 0.6) is 0 Å². The maximum Gasteiger partial charge on any atom is 0.217 e. The van der Waals surface area contributed by atoms with E-state index in [4.69, 9.17) is 22.4 Å². The Kier molecular flexibility index (Phi) is 2.25. The van der Waals surface area contributed by atoms with Crippen LogP contribution in [-0.4, -0.2) is 21.4 Å². The molecule has 16 heavy (non-hydrogen) atoms. The van der Waals surface area contributed by atoms with E-state index < -0.39 is 6.29 Å². The summed E-state index contributed by atoms with van der Waals surface area (Å²) in [4.78, 5) is 0.912. The Morgan fingerprint density at radius 2 is 2.06 bits per heavy atom. The second-order valence-corrected chi connectivity index (χ2v) is 5.08. The molecular weight excluding hydrogens is 220 g/mol. The Labute approximate surface area is 99.7 Å². The van der Waals surface area contributed by atoms with Gasteiger partial charge in [-0.1, -0.05) is 36.4 Å². The molecule has 0 aromatic heterocycles. The topological polar surface area (TPSA) is 40.5 Å². The summed E-state index contributed by atoms with van der Waals surface area (Å²) < 4.78 is 0. The highest BCUT2D eigenvalue weighted by molar-refractivity contribution is 7.81. The summed E-state index contributed by atoms with van der Waals surface area (Å²) in [7, 11) is 0. The van der Waals surface area contributed by atoms with Crippen molar-refractivity contribution < 1.29 is 10.2 Å². The van der Waals surface area contributed by atoms with Crippen LogP contribution in [0.1, 0.15) is 6.42 Å². The lowest BCUT2D eigenvalue weighted by molar-refractivity contribution is 0.0108. The molecule has 3 rings (SSSR count). The van der Waals surface area contributed by atoms with E-state index in [1.807, 2.05) is 0 Å². The van der Waals surface area contributed by atoms with Gasteiger partial charge in [0.25, 0.3) is 0 Å². The van der Waals surface area contributed by atoms with Gasteiger partial charge >= 0.3 is 0 Å². The molecule has 2 bridgehead atoms. The monoisotopic (exact) mass is 232 g/mol. The van der Waals surface area contributed by atoms with Crippen LogP contribution in [0.15, 0.2) is 23.8 Å². The molecule has 1 fully saturated rings. The van der Waals surface area contributed by atoms with Gasteiger partial charge in [0.15, 0.2) is 0 Å². The maximum atomic E-state index is 8.72. The Bertz CT molecular complexity index is 464. The lowest BCUT2D eigenvalue weighted by Gasteiger charge is -2.19. The van der Waals surface area contributed by atoms with Crippen LogP contribution in [0.25, 0.3) is 0 Å². The summed E-state index contributed by atoms with van der Waals surface area (Å²) in [6.45, 7) is 0. The average Bonchev–Trinajstić information content (AvgIpc) is 2.88. The van der Waals surface area contributed by atoms with Crippen molar-refractivity contribution in [2.45, 2.75) is 12.7 Å². The van der Waals surface area contributed by atoms with Crippen LogP contribution >= 0.6 is 12.2 Å². The van der Waals surface area contributed by atoms with Crippen LogP contribution in [0.2, 0.25) is 0 Å². The van der Waals surface area contributed by atoms with Crippen molar-refractivity contribution in [2.75, 3.05) is 0 Å². The molecule has 0 unspecified atom stereocenters. The molecule has 0 saturated heterocycles. The Balaban J connectivity index is 1.89. The van der Waals surface area contributed by atoms with E-state index in [-0.39, 0.29) is 0 Å². The largest absolute Gasteiger partial charge is 0.358 e. The first kappa shape index (κ1) is 10.2. The van der Waals surface area contributed by atoms with E-state index in [2.05, 4.69) is 30.1 Å². The molecule has 3 aliphatic carbocycles. The molecule has 0 heterocycles. The first-order valence-electron chi connectivity index (χ1n) is 5.49. The summed E-state index contributed by atoms with van der Waals surface area (Å²) in [5.41, 5.74) is 0.830. The molecule has 3 heteroatoms. The molecule has 0 radical (unpaired) electrons. The lowest BCUT2D eigenvalue weighted by atomic mass is 9.85. The molecule has 0 aliphatic heterocycles. The second kappa shape index (κ2) is 3.53. The maximum absolute atomic E-state index is 8.72. The molecule has 0 aromatic rings. The van der Waals surface area contributed by atoms with Crippen LogP contribution in [0.3, 0.4) is 0 Å². The van der Waals surface area contributed by atoms with E-state index in [1.54, 1.807) is 0 Å². The van der Waals surface area contributed by atoms with Gasteiger partial charge in [-0.3, -0.25) is 0 Å². The van der Waals surface area contributed by atoms with Crippen molar-refractivity contribution in [3.63, 3.8) is 0 Å². The lowest BCUT2D eigenvalue weighted by Crippen LogP contribution is -2.19. The summed E-state index contributed by atoms with van der Waals surface area (Å²) in [5, 5.41) is 17.4. The first-order chi connectivity index (χ1) is 7.66. The number of rotatable bonds is 0. The number of aliphatic hydroxyl groups is 2. The first-order valence-corrected chi connectivity index (χ1v) is 5.89. The van der Waals surface area contributed by atoms with E-state index in [1.165, 1.54) is 6.42 Å². The fourth-order valence-electron chi connectivity index (χ4n) is 3.16. The van der Waals surface area contributed by atoms with Gasteiger partial charge in [0.1, 0.15) is 0 Å². The Hall–Kier alpha value is -0.950. The summed E-state index contributed by atoms with van der Waals surface area (Å²) in [5.74, 6) is 7.25. The zero-order chi connectivity index (χ0) is 11.3. The van der Waals surface area contributed by atoms with E-state index in [0.717, 1.165) is 10.4 Å². The molecule has 3 aliphatic rings. The fourth-order valence-corrected chi connectivity index (χ4v) is 3.61. The van der Waals surface area contributed by atoms with Gasteiger partial charge in [-0.05, 0) is 30.1 Å². The highest BCUT2D eigenvalue weighted by Gasteiger charge is 2.48. The number of thiocarbonyl (C=S) groups is 1. The van der Waals surface area contributed by atoms with Gasteiger partial charge in [-0.15, -0.1) is 0 Å². The van der Waals surface area contributed by atoms with Crippen molar-refractivity contribution in [3.8, 4) is 11.8 Å². The van der Waals surface area contributed by atoms with Crippen LogP contribution in [0, 0.1) is 35.5 Å². The number of allylic oxidation sites excluding steroid dienone is 4. The summed E-state index contributed by atoms with van der Waals surface area (Å²) in [6.07, 6.45) is 6.32. The van der Waals surface area contributed by atoms with Gasteiger partial charge < -0.3 is 10.2 Å². The molecule has 0 spiro atoms. The number of fused-ring (bicyclic) bond motifs is 5. The number of hydrogen-bond acceptors (Lipinski definition) is 3. The minimum atomic E-state index is -1.57. The van der Waals surface area contributed by atoms with Crippen molar-refractivity contribution in [3.05, 3.63) is 23.8 Å². The zero-order valence-corrected chi connectivity index (χ0v) is 9.45. The number of aliphatic hydroxyl groups excluding tert-OH is 1. The Morgan fingerprint density at radius 3 is 2.75 bits per heavy atom. The van der Waals surface area contributed by atoms with Crippen molar-refractivity contribution in [1.82, 2.24) is 0 Å². The molecule has 1 saturated carbocycles. The molecule has 0 aromatic carbocycles. The standard InChI is InChI=1S/C13H12O2S/c14-11(15)4-3-9-6-10-7-1-2-8(5-7)12(10)13(9)16/h1-2,6-8,10-12,14-15H,5H2/t7-,8+,10-,12+/m0/s1. The van der Waals surface area contributed by atoms with Crippen LogP contribution < -0.4 is 0 Å². The fraction of sp³-hybridized carbons (Fsp3) is 0.462. The van der Waals surface area contributed by atoms with Gasteiger partial charge in [-0.25, -0.2) is 0 Å². The third-order valence-corrected chi connectivity index (χ3v) is 4.28. The SMILES string of the molecule is OC(O)C#CC1=C[C@@H]2[C@H](C1=S)[C@@H]1C=C[C@H]2C1. The van der Waals surface area contributed by atoms with Crippen molar-refractivity contribution in [1.29, 1.82) is 0 Å². The third-order valence-electron chi connectivity index (χ3n) is 3.78. The quantitative estimate of drug-likeness (QED) is 0.284. The molecule has 0 amide bonds. The highest BCUT2D eigenvalue weighted by atomic mass is 32.1. The van der Waals surface area contributed by atoms with E-state index in [9.17, 15) is 0 Å². The highest BCUT2D eigenvalue weighted by Crippen LogP contribution is 2.53. The average molecular weight is 232 g/mol. The van der Waals surface area contributed by atoms with Crippen molar-refractivity contribution in [2.24, 2.45) is 23.7 Å². The predicted octanol–water partition coefficient (Wildman–Crippen LogP) is 1.05. The smallest absolute Gasteiger partial charge is 0.217 e. The van der Waals surface area contributed by atoms with Gasteiger partial charge in [0.05, 0.1) is 0 Å². The van der Waals surface area contributed by atoms with Gasteiger partial charge in [-0.2, -0.15) is 0 Å². The van der Waals surface area contributed by atoms with Crippen LogP contribution in [0.4, 0.5) is 0 Å². The normalized spacial score (nSPS) is 38.7. The third kappa shape index (κ3) is 1.38. The minimum Gasteiger partial charge on any atom is -0.358 e. The molecule has 2 nitrogen and oxygen atoms in total. The summed E-state index contributed by atoms with van der Waals surface area (Å²) in [6, 6.07) is 0. The molecule has 2 N–H and O–H groups in total. The molecule has 4 atom stereocenters. The minimum absolute atomic E-state index is 0.435. The number of hydrogen-bond donors (Lipinski definition) is 2. The molecule has 82 valence electrons. The van der Waals surface area contributed by atoms with E-state index >= 15 is 0 Å². The molecular formula is C13H12O2S. The van der Waals surface area contributed by atoms with Gasteiger partial charge in [0, 0.05) is 16.4 Å². The zero-order valence-electron chi connectivity index (χ0n) is 8.63.